The number of hydrogen-bond acceptors (Lipinski definition) is 6. The van der Waals surface area contributed by atoms with Crippen LogP contribution in [0.4, 0.5) is 5.00 Å². The summed E-state index contributed by atoms with van der Waals surface area (Å²) in [6.07, 6.45) is 4.39. The van der Waals surface area contributed by atoms with E-state index in [-0.39, 0.29) is 11.9 Å². The van der Waals surface area contributed by atoms with E-state index in [0.717, 1.165) is 37.1 Å². The molecule has 3 N–H and O–H groups in total. The molecule has 0 spiro atoms. The molecule has 1 aliphatic rings. The first-order valence-corrected chi connectivity index (χ1v) is 12.1. The quantitative estimate of drug-likeness (QED) is 0.468. The van der Waals surface area contributed by atoms with Crippen LogP contribution in [0.2, 0.25) is 5.02 Å². The van der Waals surface area contributed by atoms with Gasteiger partial charge in [0, 0.05) is 11.6 Å². The van der Waals surface area contributed by atoms with E-state index in [0.29, 0.717) is 20.7 Å². The average Bonchev–Trinajstić information content (AvgIpc) is 3.48. The highest BCUT2D eigenvalue weighted by atomic mass is 35.5. The zero-order chi connectivity index (χ0) is 22.0. The lowest BCUT2D eigenvalue weighted by molar-refractivity contribution is -0.115. The van der Waals surface area contributed by atoms with Gasteiger partial charge in [0.2, 0.25) is 5.91 Å². The summed E-state index contributed by atoms with van der Waals surface area (Å²) in [4.78, 5) is 24.3. The highest BCUT2D eigenvalue weighted by Gasteiger charge is 2.28. The maximum absolute atomic E-state index is 12.8. The van der Waals surface area contributed by atoms with Gasteiger partial charge in [0.15, 0.2) is 11.0 Å². The van der Waals surface area contributed by atoms with E-state index in [1.807, 2.05) is 24.3 Å². The van der Waals surface area contributed by atoms with E-state index >= 15 is 0 Å². The van der Waals surface area contributed by atoms with Crippen LogP contribution in [0.5, 0.6) is 0 Å². The third-order valence-corrected chi connectivity index (χ3v) is 7.50. The Balaban J connectivity index is 1.59. The third-order valence-electron chi connectivity index (χ3n) is 5.29. The molecule has 7 nitrogen and oxygen atoms in total. The maximum atomic E-state index is 12.8. The Kier molecular flexibility index (Phi) is 6.64. The van der Waals surface area contributed by atoms with Crippen molar-refractivity contribution in [1.82, 2.24) is 14.8 Å². The molecule has 1 aliphatic carbocycles. The fraction of sp³-hybridized carbons (Fsp3) is 0.333. The predicted molar refractivity (Wildman–Crippen MR) is 125 cm³/mol. The fourth-order valence-corrected chi connectivity index (χ4v) is 5.64. The van der Waals surface area contributed by atoms with Crippen LogP contribution in [0.1, 0.15) is 49.0 Å². The molecule has 1 fully saturated rings. The number of rotatable bonds is 7. The van der Waals surface area contributed by atoms with Crippen LogP contribution in [-0.2, 0) is 4.79 Å². The first-order chi connectivity index (χ1) is 15.0. The molecule has 0 saturated heterocycles. The molecule has 1 saturated carbocycles. The SMILES string of the molecule is CC(Sc1nnc(-c2ccccc2Cl)n1C1CCCC1)C(=O)Nc1sccc1C(N)=O. The van der Waals surface area contributed by atoms with Crippen molar-refractivity contribution < 1.29 is 9.59 Å². The molecule has 0 bridgehead atoms. The van der Waals surface area contributed by atoms with Gasteiger partial charge < -0.3 is 11.1 Å². The normalized spacial score (nSPS) is 15.2. The summed E-state index contributed by atoms with van der Waals surface area (Å²) in [6, 6.07) is 9.46. The van der Waals surface area contributed by atoms with Crippen LogP contribution in [0, 0.1) is 0 Å². The minimum Gasteiger partial charge on any atom is -0.366 e. The van der Waals surface area contributed by atoms with Gasteiger partial charge in [0.25, 0.3) is 5.91 Å². The summed E-state index contributed by atoms with van der Waals surface area (Å²) in [5.74, 6) is -0.0701. The van der Waals surface area contributed by atoms with Gasteiger partial charge in [-0.15, -0.1) is 21.5 Å². The van der Waals surface area contributed by atoms with Crippen molar-refractivity contribution in [2.75, 3.05) is 5.32 Å². The van der Waals surface area contributed by atoms with E-state index in [1.54, 1.807) is 18.4 Å². The van der Waals surface area contributed by atoms with E-state index in [2.05, 4.69) is 20.1 Å². The Bertz CT molecular complexity index is 1110. The van der Waals surface area contributed by atoms with Crippen LogP contribution < -0.4 is 11.1 Å². The topological polar surface area (TPSA) is 103 Å². The molecule has 0 radical (unpaired) electrons. The van der Waals surface area contributed by atoms with E-state index in [4.69, 9.17) is 17.3 Å². The second-order valence-corrected chi connectivity index (χ2v) is 10.0. The molecular formula is C21H22ClN5O2S2. The number of thiophene rings is 1. The highest BCUT2D eigenvalue weighted by Crippen LogP contribution is 2.39. The van der Waals surface area contributed by atoms with Crippen molar-refractivity contribution in [3.63, 3.8) is 0 Å². The average molecular weight is 476 g/mol. The molecule has 31 heavy (non-hydrogen) atoms. The maximum Gasteiger partial charge on any atom is 0.251 e. The number of anilines is 1. The minimum atomic E-state index is -0.567. The van der Waals surface area contributed by atoms with Crippen LogP contribution >= 0.6 is 34.7 Å². The second kappa shape index (κ2) is 9.42. The van der Waals surface area contributed by atoms with Crippen LogP contribution in [0.15, 0.2) is 40.9 Å². The molecule has 2 amide bonds. The number of primary amides is 1. The minimum absolute atomic E-state index is 0.227. The zero-order valence-corrected chi connectivity index (χ0v) is 19.3. The Hall–Kier alpha value is -2.36. The number of carbonyl (C=O) groups excluding carboxylic acids is 2. The van der Waals surface area contributed by atoms with E-state index < -0.39 is 11.2 Å². The van der Waals surface area contributed by atoms with Gasteiger partial charge in [-0.05, 0) is 43.3 Å². The summed E-state index contributed by atoms with van der Waals surface area (Å²) in [5, 5.41) is 14.7. The summed E-state index contributed by atoms with van der Waals surface area (Å²) in [7, 11) is 0. The van der Waals surface area contributed by atoms with Crippen molar-refractivity contribution >= 4 is 51.5 Å². The van der Waals surface area contributed by atoms with Gasteiger partial charge in [0.1, 0.15) is 5.00 Å². The number of hydrogen-bond donors (Lipinski definition) is 2. The largest absolute Gasteiger partial charge is 0.366 e. The molecule has 4 rings (SSSR count). The third kappa shape index (κ3) is 4.63. The van der Waals surface area contributed by atoms with E-state index in [9.17, 15) is 9.59 Å². The molecule has 162 valence electrons. The number of nitrogens with two attached hydrogens (primary N) is 1. The molecule has 1 atom stereocenters. The van der Waals surface area contributed by atoms with Crippen molar-refractivity contribution in [3.05, 3.63) is 46.3 Å². The fourth-order valence-electron chi connectivity index (χ4n) is 3.70. The Morgan fingerprint density at radius 1 is 1.26 bits per heavy atom. The van der Waals surface area contributed by atoms with Crippen LogP contribution in [0.25, 0.3) is 11.4 Å². The number of carbonyl (C=O) groups is 2. The molecule has 10 heteroatoms. The van der Waals surface area contributed by atoms with Crippen molar-refractivity contribution in [1.29, 1.82) is 0 Å². The molecule has 2 heterocycles. The summed E-state index contributed by atoms with van der Waals surface area (Å²) < 4.78 is 2.13. The van der Waals surface area contributed by atoms with Gasteiger partial charge in [-0.2, -0.15) is 0 Å². The van der Waals surface area contributed by atoms with Crippen LogP contribution in [0.3, 0.4) is 0 Å². The number of nitrogens with zero attached hydrogens (tertiary/aromatic N) is 3. The van der Waals surface area contributed by atoms with E-state index in [1.165, 1.54) is 23.1 Å². The monoisotopic (exact) mass is 475 g/mol. The van der Waals surface area contributed by atoms with Crippen molar-refractivity contribution in [2.24, 2.45) is 5.73 Å². The smallest absolute Gasteiger partial charge is 0.251 e. The molecule has 2 aromatic heterocycles. The first kappa shape index (κ1) is 21.9. The Morgan fingerprint density at radius 2 is 2.00 bits per heavy atom. The van der Waals surface area contributed by atoms with Gasteiger partial charge in [-0.25, -0.2) is 0 Å². The number of amides is 2. The van der Waals surface area contributed by atoms with Crippen LogP contribution in [-0.4, -0.2) is 31.8 Å². The number of benzene rings is 1. The lowest BCUT2D eigenvalue weighted by Crippen LogP contribution is -2.24. The lowest BCUT2D eigenvalue weighted by Gasteiger charge is -2.19. The van der Waals surface area contributed by atoms with Gasteiger partial charge >= 0.3 is 0 Å². The highest BCUT2D eigenvalue weighted by molar-refractivity contribution is 8.00. The Morgan fingerprint density at radius 3 is 2.71 bits per heavy atom. The molecule has 1 aromatic carbocycles. The second-order valence-electron chi connectivity index (χ2n) is 7.37. The Labute approximate surface area is 193 Å². The van der Waals surface area contributed by atoms with Gasteiger partial charge in [-0.3, -0.25) is 14.2 Å². The standard InChI is InChI=1S/C21H22ClN5O2S2/c1-12(19(29)24-20-15(17(23)28)10-11-30-20)31-21-26-25-18(14-8-4-5-9-16(14)22)27(21)13-6-2-3-7-13/h4-5,8-13H,2-3,6-7H2,1H3,(H2,23,28)(H,24,29). The number of nitrogens with one attached hydrogen (secondary N) is 1. The first-order valence-electron chi connectivity index (χ1n) is 10.0. The number of halogens is 1. The molecular weight excluding hydrogens is 454 g/mol. The van der Waals surface area contributed by atoms with Gasteiger partial charge in [-0.1, -0.05) is 48.3 Å². The van der Waals surface area contributed by atoms with Crippen molar-refractivity contribution in [2.45, 2.75) is 49.1 Å². The molecule has 1 unspecified atom stereocenters. The van der Waals surface area contributed by atoms with Crippen molar-refractivity contribution in [3.8, 4) is 11.4 Å². The van der Waals surface area contributed by atoms with Gasteiger partial charge in [0.05, 0.1) is 15.8 Å². The summed E-state index contributed by atoms with van der Waals surface area (Å²) in [5.41, 5.74) is 6.51. The summed E-state index contributed by atoms with van der Waals surface area (Å²) >= 11 is 9.05. The lowest BCUT2D eigenvalue weighted by atomic mass is 10.2. The predicted octanol–water partition coefficient (Wildman–Crippen LogP) is 4.99. The molecule has 3 aromatic rings. The zero-order valence-electron chi connectivity index (χ0n) is 16.9. The number of aromatic nitrogens is 3. The number of thioether (sulfide) groups is 1. The summed E-state index contributed by atoms with van der Waals surface area (Å²) in [6.45, 7) is 1.81. The molecule has 0 aliphatic heterocycles.